The number of likely N-dealkylation sites (tertiary alicyclic amines) is 1. The van der Waals surface area contributed by atoms with Gasteiger partial charge in [-0.25, -0.2) is 9.18 Å². The number of amides is 3. The molecule has 1 aliphatic heterocycles. The van der Waals surface area contributed by atoms with E-state index in [9.17, 15) is 14.0 Å². The maximum atomic E-state index is 13.3. The zero-order valence-corrected chi connectivity index (χ0v) is 15.8. The average Bonchev–Trinajstić information content (AvgIpc) is 2.68. The monoisotopic (exact) mass is 384 g/mol. The summed E-state index contributed by atoms with van der Waals surface area (Å²) in [6.45, 7) is 3.24. The van der Waals surface area contributed by atoms with E-state index in [1.54, 1.807) is 12.1 Å². The van der Waals surface area contributed by atoms with Crippen LogP contribution in [0.4, 0.5) is 20.6 Å². The van der Waals surface area contributed by atoms with Crippen molar-refractivity contribution in [2.24, 2.45) is 0 Å². The SMILES string of the molecule is CC(C(=O)Nc1cccc(F)c1)N1CCC(NC(=O)Nc2ccccc2)CC1. The minimum Gasteiger partial charge on any atom is -0.335 e. The highest BCUT2D eigenvalue weighted by molar-refractivity contribution is 5.94. The molecule has 7 heteroatoms. The Hall–Kier alpha value is -2.93. The molecule has 0 aliphatic carbocycles. The lowest BCUT2D eigenvalue weighted by molar-refractivity contribution is -0.121. The van der Waals surface area contributed by atoms with Crippen LogP contribution in [0.25, 0.3) is 0 Å². The second-order valence-corrected chi connectivity index (χ2v) is 6.95. The third kappa shape index (κ3) is 5.53. The fourth-order valence-electron chi connectivity index (χ4n) is 3.28. The summed E-state index contributed by atoms with van der Waals surface area (Å²) in [6.07, 6.45) is 1.53. The Bertz CT molecular complexity index is 807. The van der Waals surface area contributed by atoms with Gasteiger partial charge < -0.3 is 16.0 Å². The summed E-state index contributed by atoms with van der Waals surface area (Å²) >= 11 is 0. The van der Waals surface area contributed by atoms with Gasteiger partial charge in [0.15, 0.2) is 0 Å². The second-order valence-electron chi connectivity index (χ2n) is 6.95. The van der Waals surface area contributed by atoms with Gasteiger partial charge in [0.2, 0.25) is 5.91 Å². The molecule has 1 saturated heterocycles. The predicted octanol–water partition coefficient (Wildman–Crippen LogP) is 3.44. The minimum absolute atomic E-state index is 0.0680. The maximum Gasteiger partial charge on any atom is 0.319 e. The molecule has 0 bridgehead atoms. The zero-order chi connectivity index (χ0) is 19.9. The van der Waals surface area contributed by atoms with Crippen LogP contribution in [0.3, 0.4) is 0 Å². The molecule has 3 N–H and O–H groups in total. The molecule has 3 rings (SSSR count). The number of anilines is 2. The fraction of sp³-hybridized carbons (Fsp3) is 0.333. The summed E-state index contributed by atoms with van der Waals surface area (Å²) in [5.74, 6) is -0.551. The van der Waals surface area contributed by atoms with Gasteiger partial charge in [0, 0.05) is 30.5 Å². The predicted molar refractivity (Wildman–Crippen MR) is 108 cm³/mol. The van der Waals surface area contributed by atoms with Crippen molar-refractivity contribution in [2.75, 3.05) is 23.7 Å². The number of urea groups is 1. The highest BCUT2D eigenvalue weighted by atomic mass is 19.1. The summed E-state index contributed by atoms with van der Waals surface area (Å²) in [7, 11) is 0. The van der Waals surface area contributed by atoms with Crippen LogP contribution in [0.15, 0.2) is 54.6 Å². The first-order valence-electron chi connectivity index (χ1n) is 9.44. The van der Waals surface area contributed by atoms with E-state index in [-0.39, 0.29) is 29.8 Å². The number of nitrogens with one attached hydrogen (secondary N) is 3. The Morgan fingerprint density at radius 2 is 1.68 bits per heavy atom. The standard InChI is InChI=1S/C21H25FN4O2/c1-15(20(27)23-19-9-5-6-16(22)14-19)26-12-10-18(11-13-26)25-21(28)24-17-7-3-2-4-8-17/h2-9,14-15,18H,10-13H2,1H3,(H,23,27)(H2,24,25,28). The van der Waals surface area contributed by atoms with Crippen molar-refractivity contribution in [1.29, 1.82) is 0 Å². The molecule has 28 heavy (non-hydrogen) atoms. The normalized spacial score (nSPS) is 16.2. The number of carbonyl (C=O) groups is 2. The highest BCUT2D eigenvalue weighted by Crippen LogP contribution is 2.16. The molecule has 1 heterocycles. The summed E-state index contributed by atoms with van der Waals surface area (Å²) in [5, 5.41) is 8.55. The lowest BCUT2D eigenvalue weighted by Gasteiger charge is -2.35. The van der Waals surface area contributed by atoms with E-state index in [4.69, 9.17) is 0 Å². The third-order valence-electron chi connectivity index (χ3n) is 4.92. The molecular formula is C21H25FN4O2. The van der Waals surface area contributed by atoms with Crippen LogP contribution in [0.2, 0.25) is 0 Å². The van der Waals surface area contributed by atoms with Crippen molar-refractivity contribution in [3.8, 4) is 0 Å². The number of benzene rings is 2. The van der Waals surface area contributed by atoms with Gasteiger partial charge in [-0.05, 0) is 50.1 Å². The minimum atomic E-state index is -0.383. The lowest BCUT2D eigenvalue weighted by Crippen LogP contribution is -2.51. The number of halogens is 1. The van der Waals surface area contributed by atoms with E-state index >= 15 is 0 Å². The molecule has 0 aromatic heterocycles. The molecule has 6 nitrogen and oxygen atoms in total. The Balaban J connectivity index is 1.44. The molecule has 0 spiro atoms. The van der Waals surface area contributed by atoms with Crippen LogP contribution in [-0.4, -0.2) is 42.0 Å². The van der Waals surface area contributed by atoms with E-state index in [1.165, 1.54) is 12.1 Å². The Morgan fingerprint density at radius 1 is 1.00 bits per heavy atom. The molecule has 1 unspecified atom stereocenters. The summed E-state index contributed by atoms with van der Waals surface area (Å²) in [6, 6.07) is 14.7. The van der Waals surface area contributed by atoms with Gasteiger partial charge >= 0.3 is 6.03 Å². The number of hydrogen-bond acceptors (Lipinski definition) is 3. The molecule has 1 atom stereocenters. The molecule has 2 aromatic rings. The number of para-hydroxylation sites is 1. The Kier molecular flexibility index (Phi) is 6.60. The van der Waals surface area contributed by atoms with Gasteiger partial charge in [0.1, 0.15) is 5.82 Å². The van der Waals surface area contributed by atoms with E-state index in [0.29, 0.717) is 18.8 Å². The van der Waals surface area contributed by atoms with Crippen LogP contribution in [0, 0.1) is 5.82 Å². The Morgan fingerprint density at radius 3 is 2.36 bits per heavy atom. The first-order chi connectivity index (χ1) is 13.5. The number of piperidine rings is 1. The Labute approximate surface area is 164 Å². The van der Waals surface area contributed by atoms with Crippen molar-refractivity contribution in [3.05, 3.63) is 60.4 Å². The van der Waals surface area contributed by atoms with E-state index < -0.39 is 0 Å². The van der Waals surface area contributed by atoms with E-state index in [0.717, 1.165) is 18.5 Å². The summed E-state index contributed by atoms with van der Waals surface area (Å²) in [4.78, 5) is 26.6. The van der Waals surface area contributed by atoms with Crippen LogP contribution in [0.1, 0.15) is 19.8 Å². The highest BCUT2D eigenvalue weighted by Gasteiger charge is 2.27. The first kappa shape index (κ1) is 19.8. The van der Waals surface area contributed by atoms with Crippen LogP contribution in [0.5, 0.6) is 0 Å². The number of rotatable bonds is 5. The van der Waals surface area contributed by atoms with Gasteiger partial charge in [-0.15, -0.1) is 0 Å². The van der Waals surface area contributed by atoms with E-state index in [1.807, 2.05) is 37.3 Å². The van der Waals surface area contributed by atoms with Gasteiger partial charge in [-0.1, -0.05) is 24.3 Å². The topological polar surface area (TPSA) is 73.5 Å². The molecule has 2 aromatic carbocycles. The van der Waals surface area contributed by atoms with Crippen LogP contribution >= 0.6 is 0 Å². The quantitative estimate of drug-likeness (QED) is 0.739. The number of hydrogen-bond donors (Lipinski definition) is 3. The van der Waals surface area contributed by atoms with Gasteiger partial charge in [0.25, 0.3) is 0 Å². The fourth-order valence-corrected chi connectivity index (χ4v) is 3.28. The molecule has 0 radical (unpaired) electrons. The van der Waals surface area contributed by atoms with Crippen molar-refractivity contribution < 1.29 is 14.0 Å². The molecule has 3 amide bonds. The zero-order valence-electron chi connectivity index (χ0n) is 15.8. The third-order valence-corrected chi connectivity index (χ3v) is 4.92. The van der Waals surface area contributed by atoms with Gasteiger partial charge in [-0.2, -0.15) is 0 Å². The summed E-state index contributed by atoms with van der Waals surface area (Å²) in [5.41, 5.74) is 1.20. The van der Waals surface area contributed by atoms with Crippen LogP contribution in [-0.2, 0) is 4.79 Å². The maximum absolute atomic E-state index is 13.3. The van der Waals surface area contributed by atoms with Crippen molar-refractivity contribution in [3.63, 3.8) is 0 Å². The molecule has 0 saturated carbocycles. The molecule has 148 valence electrons. The molecule has 1 aliphatic rings. The van der Waals surface area contributed by atoms with Crippen molar-refractivity contribution in [2.45, 2.75) is 31.8 Å². The summed E-state index contributed by atoms with van der Waals surface area (Å²) < 4.78 is 13.3. The smallest absolute Gasteiger partial charge is 0.319 e. The second kappa shape index (κ2) is 9.32. The van der Waals surface area contributed by atoms with Crippen LogP contribution < -0.4 is 16.0 Å². The van der Waals surface area contributed by atoms with E-state index in [2.05, 4.69) is 20.9 Å². The van der Waals surface area contributed by atoms with Crippen molar-refractivity contribution in [1.82, 2.24) is 10.2 Å². The number of nitrogens with zero attached hydrogens (tertiary/aromatic N) is 1. The number of carbonyl (C=O) groups excluding carboxylic acids is 2. The lowest BCUT2D eigenvalue weighted by atomic mass is 10.0. The molecule has 1 fully saturated rings. The average molecular weight is 384 g/mol. The molecular weight excluding hydrogens is 359 g/mol. The first-order valence-corrected chi connectivity index (χ1v) is 9.44. The van der Waals surface area contributed by atoms with Gasteiger partial charge in [-0.3, -0.25) is 9.69 Å². The largest absolute Gasteiger partial charge is 0.335 e. The van der Waals surface area contributed by atoms with Crippen molar-refractivity contribution >= 4 is 23.3 Å². The van der Waals surface area contributed by atoms with Gasteiger partial charge in [0.05, 0.1) is 6.04 Å².